The minimum absolute atomic E-state index is 0.0919. The summed E-state index contributed by atoms with van der Waals surface area (Å²) in [5, 5.41) is 0. The van der Waals surface area contributed by atoms with Crippen molar-refractivity contribution < 1.29 is 13.2 Å². The Morgan fingerprint density at radius 1 is 0.957 bits per heavy atom. The van der Waals surface area contributed by atoms with E-state index >= 15 is 0 Å². The van der Waals surface area contributed by atoms with Crippen molar-refractivity contribution in [1.29, 1.82) is 0 Å². The molecule has 0 radical (unpaired) electrons. The Hall–Kier alpha value is -2.20. The molecule has 0 saturated heterocycles. The second kappa shape index (κ2) is 6.13. The highest BCUT2D eigenvalue weighted by Crippen LogP contribution is 2.39. The summed E-state index contributed by atoms with van der Waals surface area (Å²) in [5.41, 5.74) is 1.64. The fourth-order valence-corrected chi connectivity index (χ4v) is 5.01. The topological polar surface area (TPSA) is 51.2 Å². The lowest BCUT2D eigenvalue weighted by Crippen LogP contribution is -2.32. The quantitative estimate of drug-likeness (QED) is 0.868. The summed E-state index contributed by atoms with van der Waals surface area (Å²) >= 11 is 0. The van der Waals surface area contributed by atoms with Gasteiger partial charge < -0.3 is 0 Å². The Morgan fingerprint density at radius 2 is 1.52 bits per heavy atom. The van der Waals surface area contributed by atoms with Crippen LogP contribution in [0.4, 0.5) is 0 Å². The van der Waals surface area contributed by atoms with Crippen molar-refractivity contribution in [1.82, 2.24) is 0 Å². The molecular weight excluding hydrogens is 308 g/mol. The molecule has 2 atom stereocenters. The van der Waals surface area contributed by atoms with Gasteiger partial charge in [-0.15, -0.1) is 0 Å². The first-order chi connectivity index (χ1) is 11.0. The largest absolute Gasteiger partial charge is 0.300 e. The minimum atomic E-state index is -3.47. The lowest BCUT2D eigenvalue weighted by Gasteiger charge is -2.29. The Kier molecular flexibility index (Phi) is 4.18. The average Bonchev–Trinajstić information content (AvgIpc) is 2.55. The van der Waals surface area contributed by atoms with E-state index in [1.165, 1.54) is 6.92 Å². The summed E-state index contributed by atoms with van der Waals surface area (Å²) in [6.07, 6.45) is 1.75. The fraction of sp³-hybridized carbons (Fsp3) is 0.211. The van der Waals surface area contributed by atoms with Gasteiger partial charge in [-0.3, -0.25) is 4.79 Å². The molecule has 0 bridgehead atoms. The number of carbonyl (C=O) groups is 1. The molecule has 0 amide bonds. The predicted octanol–water partition coefficient (Wildman–Crippen LogP) is 3.44. The molecule has 1 aliphatic heterocycles. The molecule has 1 aliphatic rings. The van der Waals surface area contributed by atoms with Gasteiger partial charge in [0.15, 0.2) is 9.84 Å². The van der Waals surface area contributed by atoms with Crippen LogP contribution in [0.3, 0.4) is 0 Å². The van der Waals surface area contributed by atoms with Crippen molar-refractivity contribution in [2.75, 3.05) is 5.75 Å². The van der Waals surface area contributed by atoms with Gasteiger partial charge >= 0.3 is 0 Å². The van der Waals surface area contributed by atoms with Gasteiger partial charge in [0.05, 0.1) is 10.7 Å². The predicted molar refractivity (Wildman–Crippen MR) is 91.6 cm³/mol. The van der Waals surface area contributed by atoms with Crippen LogP contribution >= 0.6 is 0 Å². The van der Waals surface area contributed by atoms with E-state index in [2.05, 4.69) is 0 Å². The molecule has 3 rings (SSSR count). The average molecular weight is 326 g/mol. The van der Waals surface area contributed by atoms with E-state index in [1.807, 2.05) is 48.5 Å². The number of ketones is 1. The van der Waals surface area contributed by atoms with E-state index in [0.29, 0.717) is 10.5 Å². The smallest absolute Gasteiger partial charge is 0.179 e. The van der Waals surface area contributed by atoms with Crippen molar-refractivity contribution >= 4 is 20.5 Å². The third-order valence-electron chi connectivity index (χ3n) is 4.26. The summed E-state index contributed by atoms with van der Waals surface area (Å²) in [6.45, 7) is 1.47. The van der Waals surface area contributed by atoms with E-state index in [-0.39, 0.29) is 17.5 Å². The van der Waals surface area contributed by atoms with Gasteiger partial charge in [0.2, 0.25) is 0 Å². The number of carbonyl (C=O) groups excluding carboxylic acids is 1. The monoisotopic (exact) mass is 326 g/mol. The number of Topliss-reactive ketones (excluding diaryl/α,β-unsaturated/α-hetero) is 1. The maximum Gasteiger partial charge on any atom is 0.179 e. The van der Waals surface area contributed by atoms with Crippen LogP contribution in [0.5, 0.6) is 0 Å². The molecule has 2 unspecified atom stereocenters. The van der Waals surface area contributed by atoms with Crippen LogP contribution in [0.15, 0.2) is 66.7 Å². The Labute approximate surface area is 136 Å². The second-order valence-corrected chi connectivity index (χ2v) is 7.83. The third kappa shape index (κ3) is 3.13. The molecule has 0 aromatic heterocycles. The highest BCUT2D eigenvalue weighted by Gasteiger charge is 2.37. The summed E-state index contributed by atoms with van der Waals surface area (Å²) in [5.74, 6) is -0.976. The second-order valence-electron chi connectivity index (χ2n) is 5.83. The lowest BCUT2D eigenvalue weighted by molar-refractivity contribution is -0.120. The molecule has 2 aromatic rings. The first kappa shape index (κ1) is 15.7. The number of hydrogen-bond donors (Lipinski definition) is 0. The van der Waals surface area contributed by atoms with Crippen LogP contribution in [-0.4, -0.2) is 20.0 Å². The summed E-state index contributed by atoms with van der Waals surface area (Å²) in [7, 11) is -3.47. The molecule has 4 heteroatoms. The minimum Gasteiger partial charge on any atom is -0.300 e. The van der Waals surface area contributed by atoms with Gasteiger partial charge in [-0.2, -0.15) is 0 Å². The van der Waals surface area contributed by atoms with Crippen molar-refractivity contribution in [3.05, 3.63) is 77.9 Å². The first-order valence-corrected chi connectivity index (χ1v) is 9.19. The van der Waals surface area contributed by atoms with Crippen LogP contribution in [0, 0.1) is 5.92 Å². The molecule has 0 aliphatic carbocycles. The molecule has 1 heterocycles. The molecule has 3 nitrogen and oxygen atoms in total. The number of allylic oxidation sites excluding steroid dienone is 1. The number of rotatable bonds is 3. The molecular formula is C19H18O3S. The molecule has 23 heavy (non-hydrogen) atoms. The maximum absolute atomic E-state index is 12.7. The van der Waals surface area contributed by atoms with Crippen LogP contribution in [0.2, 0.25) is 0 Å². The molecule has 0 saturated carbocycles. The van der Waals surface area contributed by atoms with Crippen molar-refractivity contribution in [2.45, 2.75) is 12.8 Å². The number of hydrogen-bond acceptors (Lipinski definition) is 3. The Bertz CT molecular complexity index is 837. The zero-order valence-electron chi connectivity index (χ0n) is 12.8. The van der Waals surface area contributed by atoms with Crippen LogP contribution in [0.1, 0.15) is 24.0 Å². The third-order valence-corrected chi connectivity index (χ3v) is 6.10. The SMILES string of the molecule is CC(=O)C1CS(=O)(=O)C(c2ccccc2)=CC1c1ccccc1. The van der Waals surface area contributed by atoms with Gasteiger partial charge in [0.1, 0.15) is 5.78 Å². The van der Waals surface area contributed by atoms with Crippen LogP contribution in [-0.2, 0) is 14.6 Å². The van der Waals surface area contributed by atoms with E-state index in [9.17, 15) is 13.2 Å². The standard InChI is InChI=1S/C19H18O3S/c1-14(20)18-13-23(21,22)19(16-10-6-3-7-11-16)12-17(18)15-8-4-2-5-9-15/h2-12,17-18H,13H2,1H3. The summed E-state index contributed by atoms with van der Waals surface area (Å²) in [6, 6.07) is 18.7. The van der Waals surface area contributed by atoms with Crippen molar-refractivity contribution in [3.63, 3.8) is 0 Å². The van der Waals surface area contributed by atoms with Gasteiger partial charge in [0.25, 0.3) is 0 Å². The van der Waals surface area contributed by atoms with Gasteiger partial charge in [-0.05, 0) is 18.1 Å². The summed E-state index contributed by atoms with van der Waals surface area (Å²) in [4.78, 5) is 12.3. The van der Waals surface area contributed by atoms with Crippen LogP contribution in [0.25, 0.3) is 4.91 Å². The van der Waals surface area contributed by atoms with E-state index in [1.54, 1.807) is 18.2 Å². The maximum atomic E-state index is 12.7. The zero-order chi connectivity index (χ0) is 16.4. The summed E-state index contributed by atoms with van der Waals surface area (Å²) < 4.78 is 25.3. The molecule has 0 fully saturated rings. The fourth-order valence-electron chi connectivity index (χ4n) is 3.06. The van der Waals surface area contributed by atoms with E-state index in [4.69, 9.17) is 0 Å². The lowest BCUT2D eigenvalue weighted by atomic mass is 9.84. The van der Waals surface area contributed by atoms with Crippen molar-refractivity contribution in [2.24, 2.45) is 5.92 Å². The van der Waals surface area contributed by atoms with Crippen LogP contribution < -0.4 is 0 Å². The number of sulfone groups is 1. The molecule has 0 spiro atoms. The Balaban J connectivity index is 2.17. The molecule has 0 N–H and O–H groups in total. The molecule has 2 aromatic carbocycles. The highest BCUT2D eigenvalue weighted by atomic mass is 32.2. The van der Waals surface area contributed by atoms with E-state index in [0.717, 1.165) is 5.56 Å². The van der Waals surface area contributed by atoms with Gasteiger partial charge in [-0.25, -0.2) is 8.42 Å². The van der Waals surface area contributed by atoms with Gasteiger partial charge in [0, 0.05) is 11.8 Å². The molecule has 118 valence electrons. The highest BCUT2D eigenvalue weighted by molar-refractivity contribution is 8.00. The number of benzene rings is 2. The normalized spacial score (nSPS) is 23.1. The van der Waals surface area contributed by atoms with Crippen molar-refractivity contribution in [3.8, 4) is 0 Å². The first-order valence-electron chi connectivity index (χ1n) is 7.54. The zero-order valence-corrected chi connectivity index (χ0v) is 13.7. The Morgan fingerprint density at radius 3 is 2.09 bits per heavy atom. The van der Waals surface area contributed by atoms with E-state index < -0.39 is 15.8 Å². The van der Waals surface area contributed by atoms with Gasteiger partial charge in [-0.1, -0.05) is 66.7 Å².